The van der Waals surface area contributed by atoms with E-state index in [0.29, 0.717) is 10.0 Å². The van der Waals surface area contributed by atoms with Gasteiger partial charge in [-0.15, -0.1) is 0 Å². The van der Waals surface area contributed by atoms with Crippen LogP contribution in [-0.4, -0.2) is 68.6 Å². The Morgan fingerprint density at radius 3 is 2.78 bits per heavy atom. The molecule has 1 unspecified atom stereocenters. The number of benzene rings is 1. The Labute approximate surface area is 174 Å². The smallest absolute Gasteiger partial charge is 0.191 e. The number of rotatable bonds is 7. The number of guanidine groups is 1. The molecule has 0 amide bonds. The summed E-state index contributed by atoms with van der Waals surface area (Å²) in [6.07, 6.45) is 2.32. The van der Waals surface area contributed by atoms with Gasteiger partial charge in [0.15, 0.2) is 5.96 Å². The van der Waals surface area contributed by atoms with Crippen molar-refractivity contribution in [3.8, 4) is 0 Å². The Kier molecular flexibility index (Phi) is 9.69. The van der Waals surface area contributed by atoms with Crippen LogP contribution >= 0.6 is 23.2 Å². The molecule has 2 rings (SSSR count). The Morgan fingerprint density at radius 2 is 2.04 bits per heavy atom. The van der Waals surface area contributed by atoms with Crippen LogP contribution in [0.2, 0.25) is 10.0 Å². The molecule has 152 valence electrons. The second-order valence-corrected chi connectivity index (χ2v) is 7.99. The molecule has 0 radical (unpaired) electrons. The van der Waals surface area contributed by atoms with Crippen molar-refractivity contribution in [1.29, 1.82) is 0 Å². The van der Waals surface area contributed by atoms with Crippen molar-refractivity contribution < 1.29 is 0 Å². The standard InChI is InChI=1S/C20H33Cl2N5/c1-4-23-20(25-16(2)18-8-7-17(21)15-19(18)22)24-9-5-11-27-12-6-10-26(3)13-14-27/h7-8,15-16H,4-6,9-14H2,1-3H3,(H2,23,24,25). The number of likely N-dealkylation sites (N-methyl/N-ethyl adjacent to an activating group) is 1. The van der Waals surface area contributed by atoms with Crippen LogP contribution in [0.4, 0.5) is 0 Å². The van der Waals surface area contributed by atoms with Crippen LogP contribution < -0.4 is 10.6 Å². The first kappa shape index (κ1) is 22.3. The van der Waals surface area contributed by atoms with Gasteiger partial charge >= 0.3 is 0 Å². The van der Waals surface area contributed by atoms with E-state index in [9.17, 15) is 0 Å². The van der Waals surface area contributed by atoms with Crippen LogP contribution in [0, 0.1) is 0 Å². The Morgan fingerprint density at radius 1 is 1.22 bits per heavy atom. The predicted octanol–water partition coefficient (Wildman–Crippen LogP) is 3.64. The molecule has 2 N–H and O–H groups in total. The third-order valence-corrected chi connectivity index (χ3v) is 5.40. The van der Waals surface area contributed by atoms with Crippen LogP contribution in [0.15, 0.2) is 23.2 Å². The third kappa shape index (κ3) is 7.86. The Bertz CT molecular complexity index is 608. The summed E-state index contributed by atoms with van der Waals surface area (Å²) in [6.45, 7) is 11.6. The molecule has 27 heavy (non-hydrogen) atoms. The number of hydrogen-bond acceptors (Lipinski definition) is 3. The quantitative estimate of drug-likeness (QED) is 0.406. The lowest BCUT2D eigenvalue weighted by atomic mass is 10.1. The summed E-state index contributed by atoms with van der Waals surface area (Å²) < 4.78 is 0. The highest BCUT2D eigenvalue weighted by Gasteiger charge is 2.13. The Hall–Kier alpha value is -1.01. The molecule has 1 aliphatic heterocycles. The second-order valence-electron chi connectivity index (χ2n) is 7.14. The SMILES string of the molecule is CCNC(=NCCCN1CCCN(C)CC1)NC(C)c1ccc(Cl)cc1Cl. The van der Waals surface area contributed by atoms with Gasteiger partial charge in [-0.1, -0.05) is 29.3 Å². The van der Waals surface area contributed by atoms with E-state index in [0.717, 1.165) is 50.7 Å². The van der Waals surface area contributed by atoms with E-state index in [1.165, 1.54) is 19.5 Å². The summed E-state index contributed by atoms with van der Waals surface area (Å²) in [5, 5.41) is 8.08. The molecule has 1 saturated heterocycles. The van der Waals surface area contributed by atoms with Crippen molar-refractivity contribution in [2.45, 2.75) is 32.7 Å². The van der Waals surface area contributed by atoms with Crippen LogP contribution in [0.25, 0.3) is 0 Å². The highest BCUT2D eigenvalue weighted by Crippen LogP contribution is 2.25. The molecule has 1 atom stereocenters. The number of hydrogen-bond donors (Lipinski definition) is 2. The van der Waals surface area contributed by atoms with Crippen LogP contribution in [0.3, 0.4) is 0 Å². The van der Waals surface area contributed by atoms with Crippen molar-refractivity contribution in [2.75, 3.05) is 52.9 Å². The maximum atomic E-state index is 6.33. The predicted molar refractivity (Wildman–Crippen MR) is 117 cm³/mol. The van der Waals surface area contributed by atoms with Gasteiger partial charge < -0.3 is 20.4 Å². The molecule has 0 saturated carbocycles. The minimum absolute atomic E-state index is 0.0497. The van der Waals surface area contributed by atoms with E-state index >= 15 is 0 Å². The largest absolute Gasteiger partial charge is 0.357 e. The van der Waals surface area contributed by atoms with Crippen molar-refractivity contribution >= 4 is 29.2 Å². The first-order valence-electron chi connectivity index (χ1n) is 9.90. The second kappa shape index (κ2) is 11.7. The van der Waals surface area contributed by atoms with Crippen LogP contribution in [0.1, 0.15) is 38.3 Å². The summed E-state index contributed by atoms with van der Waals surface area (Å²) in [6, 6.07) is 5.65. The summed E-state index contributed by atoms with van der Waals surface area (Å²) in [4.78, 5) is 9.70. The first-order chi connectivity index (χ1) is 13.0. The van der Waals surface area contributed by atoms with E-state index in [2.05, 4.69) is 41.3 Å². The Balaban J connectivity index is 1.84. The normalized spacial score (nSPS) is 18.2. The molecular weight excluding hydrogens is 381 g/mol. The van der Waals surface area contributed by atoms with E-state index in [1.54, 1.807) is 6.07 Å². The third-order valence-electron chi connectivity index (χ3n) is 4.84. The minimum atomic E-state index is 0.0497. The van der Waals surface area contributed by atoms with Gasteiger partial charge in [0.05, 0.1) is 6.04 Å². The van der Waals surface area contributed by atoms with Gasteiger partial charge in [-0.25, -0.2) is 0 Å². The molecule has 0 bridgehead atoms. The van der Waals surface area contributed by atoms with Crippen molar-refractivity contribution in [3.05, 3.63) is 33.8 Å². The molecule has 0 spiro atoms. The van der Waals surface area contributed by atoms with Gasteiger partial charge in [0.2, 0.25) is 0 Å². The molecular formula is C20H33Cl2N5. The lowest BCUT2D eigenvalue weighted by molar-refractivity contribution is 0.275. The molecule has 1 aliphatic rings. The first-order valence-corrected chi connectivity index (χ1v) is 10.7. The number of nitrogens with one attached hydrogen (secondary N) is 2. The molecule has 5 nitrogen and oxygen atoms in total. The zero-order valence-corrected chi connectivity index (χ0v) is 18.3. The van der Waals surface area contributed by atoms with E-state index in [1.807, 2.05) is 12.1 Å². The van der Waals surface area contributed by atoms with E-state index in [4.69, 9.17) is 28.2 Å². The van der Waals surface area contributed by atoms with E-state index < -0.39 is 0 Å². The molecule has 1 fully saturated rings. The van der Waals surface area contributed by atoms with Crippen molar-refractivity contribution in [1.82, 2.24) is 20.4 Å². The zero-order chi connectivity index (χ0) is 19.6. The fraction of sp³-hybridized carbons (Fsp3) is 0.650. The van der Waals surface area contributed by atoms with Gasteiger partial charge in [-0.05, 0) is 71.1 Å². The van der Waals surface area contributed by atoms with Crippen molar-refractivity contribution in [3.63, 3.8) is 0 Å². The number of aliphatic imine (C=N–C) groups is 1. The van der Waals surface area contributed by atoms with Crippen LogP contribution in [-0.2, 0) is 0 Å². The molecule has 1 heterocycles. The number of nitrogens with zero attached hydrogens (tertiary/aromatic N) is 3. The minimum Gasteiger partial charge on any atom is -0.357 e. The van der Waals surface area contributed by atoms with Gasteiger partial charge in [0.1, 0.15) is 0 Å². The lowest BCUT2D eigenvalue weighted by Gasteiger charge is -2.20. The van der Waals surface area contributed by atoms with Crippen LogP contribution in [0.5, 0.6) is 0 Å². The van der Waals surface area contributed by atoms with Gasteiger partial charge in [-0.3, -0.25) is 4.99 Å². The van der Waals surface area contributed by atoms with Crippen molar-refractivity contribution in [2.24, 2.45) is 4.99 Å². The fourth-order valence-corrected chi connectivity index (χ4v) is 3.84. The van der Waals surface area contributed by atoms with Gasteiger partial charge in [-0.2, -0.15) is 0 Å². The fourth-order valence-electron chi connectivity index (χ4n) is 3.26. The molecule has 1 aromatic rings. The highest BCUT2D eigenvalue weighted by molar-refractivity contribution is 6.35. The monoisotopic (exact) mass is 413 g/mol. The summed E-state index contributed by atoms with van der Waals surface area (Å²) >= 11 is 12.3. The average Bonchev–Trinajstić information content (AvgIpc) is 2.83. The van der Waals surface area contributed by atoms with E-state index in [-0.39, 0.29) is 6.04 Å². The summed E-state index contributed by atoms with van der Waals surface area (Å²) in [5.41, 5.74) is 1.01. The summed E-state index contributed by atoms with van der Waals surface area (Å²) in [5.74, 6) is 0.826. The molecule has 1 aromatic carbocycles. The van der Waals surface area contributed by atoms with Gasteiger partial charge in [0, 0.05) is 36.2 Å². The van der Waals surface area contributed by atoms with Gasteiger partial charge in [0.25, 0.3) is 0 Å². The topological polar surface area (TPSA) is 42.9 Å². The average molecular weight is 414 g/mol. The molecule has 0 aromatic heterocycles. The lowest BCUT2D eigenvalue weighted by Crippen LogP contribution is -2.39. The summed E-state index contributed by atoms with van der Waals surface area (Å²) in [7, 11) is 2.20. The molecule has 7 heteroatoms. The maximum Gasteiger partial charge on any atom is 0.191 e. The molecule has 0 aliphatic carbocycles. The number of halogens is 2. The maximum absolute atomic E-state index is 6.33. The zero-order valence-electron chi connectivity index (χ0n) is 16.8. The highest BCUT2D eigenvalue weighted by atomic mass is 35.5.